The van der Waals surface area contributed by atoms with Gasteiger partial charge in [0.15, 0.2) is 5.90 Å². The van der Waals surface area contributed by atoms with Gasteiger partial charge in [-0.15, -0.1) is 0 Å². The highest BCUT2D eigenvalue weighted by Crippen LogP contribution is 2.22. The van der Waals surface area contributed by atoms with Crippen molar-refractivity contribution in [3.63, 3.8) is 0 Å². The molecule has 0 atom stereocenters. The summed E-state index contributed by atoms with van der Waals surface area (Å²) in [4.78, 5) is 16.1. The Bertz CT molecular complexity index is 432. The summed E-state index contributed by atoms with van der Waals surface area (Å²) in [6.07, 6.45) is 1.82. The quantitative estimate of drug-likeness (QED) is 0.754. The van der Waals surface area contributed by atoms with Crippen LogP contribution < -0.4 is 0 Å². The largest absolute Gasteiger partial charge is 0.481 e. The normalized spacial score (nSPS) is 16.9. The van der Waals surface area contributed by atoms with E-state index in [9.17, 15) is 4.79 Å². The zero-order chi connectivity index (χ0) is 12.1. The third kappa shape index (κ3) is 2.84. The van der Waals surface area contributed by atoms with Crippen LogP contribution in [0, 0.1) is 0 Å². The van der Waals surface area contributed by atoms with Crippen LogP contribution in [0.25, 0.3) is 0 Å². The van der Waals surface area contributed by atoms with E-state index >= 15 is 0 Å². The molecule has 0 unspecified atom stereocenters. The average molecular weight is 233 g/mol. The van der Waals surface area contributed by atoms with Crippen molar-refractivity contribution in [3.05, 3.63) is 29.8 Å². The standard InChI is InChI=1S/C13H15NO3/c1-2-16-13(15)10-6-3-4-7-11(10)14-12-8-5-9-17-12/h3-4,6-7H,2,5,8-9H2,1H3. The molecule has 1 aromatic rings. The second kappa shape index (κ2) is 5.48. The van der Waals surface area contributed by atoms with Crippen molar-refractivity contribution in [1.82, 2.24) is 0 Å². The summed E-state index contributed by atoms with van der Waals surface area (Å²) in [7, 11) is 0. The number of rotatable bonds is 3. The molecule has 0 spiro atoms. The average Bonchev–Trinajstić information content (AvgIpc) is 2.83. The molecule has 0 aromatic heterocycles. The fourth-order valence-electron chi connectivity index (χ4n) is 1.66. The summed E-state index contributed by atoms with van der Waals surface area (Å²) in [6.45, 7) is 2.85. The predicted octanol–water partition coefficient (Wildman–Crippen LogP) is 2.70. The van der Waals surface area contributed by atoms with E-state index in [1.165, 1.54) is 0 Å². The van der Waals surface area contributed by atoms with Gasteiger partial charge in [-0.05, 0) is 25.5 Å². The van der Waals surface area contributed by atoms with Crippen molar-refractivity contribution < 1.29 is 14.3 Å². The molecule has 4 heteroatoms. The molecule has 0 N–H and O–H groups in total. The van der Waals surface area contributed by atoms with E-state index in [1.54, 1.807) is 25.1 Å². The van der Waals surface area contributed by atoms with E-state index in [1.807, 2.05) is 6.07 Å². The molecule has 1 aromatic carbocycles. The molecule has 1 fully saturated rings. The van der Waals surface area contributed by atoms with Crippen LogP contribution in [-0.2, 0) is 9.47 Å². The fourth-order valence-corrected chi connectivity index (χ4v) is 1.66. The number of aliphatic imine (C=N–C) groups is 1. The van der Waals surface area contributed by atoms with Crippen LogP contribution in [-0.4, -0.2) is 25.1 Å². The molecule has 1 aliphatic heterocycles. The van der Waals surface area contributed by atoms with Gasteiger partial charge in [0.25, 0.3) is 0 Å². The Morgan fingerprint density at radius 1 is 1.47 bits per heavy atom. The Morgan fingerprint density at radius 3 is 3.00 bits per heavy atom. The Morgan fingerprint density at radius 2 is 2.29 bits per heavy atom. The van der Waals surface area contributed by atoms with E-state index < -0.39 is 0 Å². The van der Waals surface area contributed by atoms with Crippen LogP contribution in [0.4, 0.5) is 5.69 Å². The molecular weight excluding hydrogens is 218 g/mol. The second-order valence-electron chi connectivity index (χ2n) is 3.70. The van der Waals surface area contributed by atoms with Crippen molar-refractivity contribution in [1.29, 1.82) is 0 Å². The van der Waals surface area contributed by atoms with Gasteiger partial charge in [-0.3, -0.25) is 0 Å². The van der Waals surface area contributed by atoms with Crippen LogP contribution in [0.5, 0.6) is 0 Å². The van der Waals surface area contributed by atoms with Crippen LogP contribution in [0.2, 0.25) is 0 Å². The van der Waals surface area contributed by atoms with Crippen molar-refractivity contribution in [2.24, 2.45) is 4.99 Å². The smallest absolute Gasteiger partial charge is 0.340 e. The molecule has 0 saturated carbocycles. The highest BCUT2D eigenvalue weighted by atomic mass is 16.5. The van der Waals surface area contributed by atoms with Crippen molar-refractivity contribution in [2.45, 2.75) is 19.8 Å². The van der Waals surface area contributed by atoms with E-state index in [-0.39, 0.29) is 5.97 Å². The maximum Gasteiger partial charge on any atom is 0.340 e. The Labute approximate surface area is 100 Å². The van der Waals surface area contributed by atoms with Crippen LogP contribution in [0.1, 0.15) is 30.1 Å². The molecule has 0 bridgehead atoms. The minimum absolute atomic E-state index is 0.342. The molecule has 0 radical (unpaired) electrons. The first-order valence-corrected chi connectivity index (χ1v) is 5.77. The third-order valence-electron chi connectivity index (χ3n) is 2.45. The lowest BCUT2D eigenvalue weighted by Crippen LogP contribution is -2.05. The molecule has 90 valence electrons. The van der Waals surface area contributed by atoms with Crippen molar-refractivity contribution in [3.8, 4) is 0 Å². The Hall–Kier alpha value is -1.84. The zero-order valence-corrected chi connectivity index (χ0v) is 9.81. The lowest BCUT2D eigenvalue weighted by molar-refractivity contribution is 0.0527. The maximum absolute atomic E-state index is 11.7. The summed E-state index contributed by atoms with van der Waals surface area (Å²) < 4.78 is 10.3. The predicted molar refractivity (Wildman–Crippen MR) is 64.7 cm³/mol. The fraction of sp³-hybridized carbons (Fsp3) is 0.385. The van der Waals surface area contributed by atoms with Gasteiger partial charge in [0.05, 0.1) is 24.5 Å². The topological polar surface area (TPSA) is 47.9 Å². The zero-order valence-electron chi connectivity index (χ0n) is 9.81. The first-order chi connectivity index (χ1) is 8.31. The maximum atomic E-state index is 11.7. The summed E-state index contributed by atoms with van der Waals surface area (Å²) in [6, 6.07) is 7.15. The number of carbonyl (C=O) groups excluding carboxylic acids is 1. The Kier molecular flexibility index (Phi) is 3.75. The van der Waals surface area contributed by atoms with E-state index in [0.29, 0.717) is 30.4 Å². The van der Waals surface area contributed by atoms with E-state index in [2.05, 4.69) is 4.99 Å². The number of ether oxygens (including phenoxy) is 2. The number of esters is 1. The molecular formula is C13H15NO3. The van der Waals surface area contributed by atoms with Crippen molar-refractivity contribution >= 4 is 17.6 Å². The number of hydrogen-bond acceptors (Lipinski definition) is 4. The van der Waals surface area contributed by atoms with E-state index in [4.69, 9.17) is 9.47 Å². The monoisotopic (exact) mass is 233 g/mol. The van der Waals surface area contributed by atoms with Gasteiger partial charge in [-0.2, -0.15) is 0 Å². The highest BCUT2D eigenvalue weighted by Gasteiger charge is 2.14. The van der Waals surface area contributed by atoms with Gasteiger partial charge in [0.2, 0.25) is 0 Å². The minimum atomic E-state index is -0.342. The van der Waals surface area contributed by atoms with Gasteiger partial charge in [0.1, 0.15) is 0 Å². The van der Waals surface area contributed by atoms with Crippen LogP contribution >= 0.6 is 0 Å². The van der Waals surface area contributed by atoms with Gasteiger partial charge >= 0.3 is 5.97 Å². The van der Waals surface area contributed by atoms with Gasteiger partial charge < -0.3 is 9.47 Å². The number of carbonyl (C=O) groups is 1. The lowest BCUT2D eigenvalue weighted by atomic mass is 10.2. The molecule has 1 aliphatic rings. The van der Waals surface area contributed by atoms with Gasteiger partial charge in [-0.25, -0.2) is 9.79 Å². The molecule has 0 amide bonds. The minimum Gasteiger partial charge on any atom is -0.481 e. The van der Waals surface area contributed by atoms with Crippen molar-refractivity contribution in [2.75, 3.05) is 13.2 Å². The lowest BCUT2D eigenvalue weighted by Gasteiger charge is -2.05. The molecule has 1 saturated heterocycles. The van der Waals surface area contributed by atoms with Crippen LogP contribution in [0.3, 0.4) is 0 Å². The number of nitrogens with zero attached hydrogens (tertiary/aromatic N) is 1. The second-order valence-corrected chi connectivity index (χ2v) is 3.70. The molecule has 17 heavy (non-hydrogen) atoms. The number of hydrogen-bond donors (Lipinski definition) is 0. The first-order valence-electron chi connectivity index (χ1n) is 5.77. The first kappa shape index (κ1) is 11.6. The summed E-state index contributed by atoms with van der Waals surface area (Å²) >= 11 is 0. The van der Waals surface area contributed by atoms with Gasteiger partial charge in [0, 0.05) is 6.42 Å². The molecule has 4 nitrogen and oxygen atoms in total. The number of benzene rings is 1. The van der Waals surface area contributed by atoms with Gasteiger partial charge in [-0.1, -0.05) is 12.1 Å². The Balaban J connectivity index is 2.27. The summed E-state index contributed by atoms with van der Waals surface area (Å²) in [5, 5.41) is 0. The molecule has 1 heterocycles. The van der Waals surface area contributed by atoms with E-state index in [0.717, 1.165) is 12.8 Å². The summed E-state index contributed by atoms with van der Waals surface area (Å²) in [5.74, 6) is 0.354. The molecule has 2 rings (SSSR count). The molecule has 0 aliphatic carbocycles. The highest BCUT2D eigenvalue weighted by molar-refractivity contribution is 5.96. The van der Waals surface area contributed by atoms with Crippen LogP contribution in [0.15, 0.2) is 29.3 Å². The SMILES string of the molecule is CCOC(=O)c1ccccc1N=C1CCCO1. The summed E-state index contributed by atoms with van der Waals surface area (Å²) in [5.41, 5.74) is 1.10. The number of para-hydroxylation sites is 1. The third-order valence-corrected chi connectivity index (χ3v) is 2.45.